The van der Waals surface area contributed by atoms with Crippen LogP contribution in [0.15, 0.2) is 54.6 Å². The Kier molecular flexibility index (Phi) is 8.16. The van der Waals surface area contributed by atoms with Crippen LogP contribution in [-0.4, -0.2) is 53.4 Å². The Bertz CT molecular complexity index is 1100. The Morgan fingerprint density at radius 2 is 1.60 bits per heavy atom. The molecule has 0 spiro atoms. The molecular weight excluding hydrogens is 458 g/mol. The van der Waals surface area contributed by atoms with E-state index in [1.807, 2.05) is 0 Å². The van der Waals surface area contributed by atoms with Crippen LogP contribution < -0.4 is 20.6 Å². The van der Waals surface area contributed by atoms with Gasteiger partial charge in [0.2, 0.25) is 6.23 Å². The molecule has 1 aliphatic heterocycles. The molecule has 3 atom stereocenters. The first-order valence-corrected chi connectivity index (χ1v) is 10.7. The lowest BCUT2D eigenvalue weighted by atomic mass is 9.86. The molecule has 184 valence electrons. The van der Waals surface area contributed by atoms with Gasteiger partial charge in [-0.2, -0.15) is 0 Å². The quantitative estimate of drug-likeness (QED) is 0.123. The van der Waals surface area contributed by atoms with Crippen LogP contribution >= 0.6 is 0 Å². The second-order valence-electron chi connectivity index (χ2n) is 7.79. The van der Waals surface area contributed by atoms with Crippen LogP contribution in [0.1, 0.15) is 19.4 Å². The molecule has 1 fully saturated rings. The van der Waals surface area contributed by atoms with Crippen LogP contribution in [0.5, 0.6) is 11.5 Å². The molecule has 2 amide bonds. The van der Waals surface area contributed by atoms with Crippen molar-refractivity contribution in [3.05, 3.63) is 60.2 Å². The SMILES string of the molecule is CC(=O)Oc1ccc(OCC(=O)N[C@@H](Cc2ccccc2)C(=O)[C@H]2C(=O)N(N)[C@H]2OC(C)=O)cc1. The van der Waals surface area contributed by atoms with E-state index in [4.69, 9.17) is 20.1 Å². The van der Waals surface area contributed by atoms with Crippen molar-refractivity contribution in [2.75, 3.05) is 6.61 Å². The van der Waals surface area contributed by atoms with Crippen molar-refractivity contribution < 1.29 is 38.2 Å². The van der Waals surface area contributed by atoms with E-state index in [9.17, 15) is 24.0 Å². The predicted octanol–water partition coefficient (Wildman–Crippen LogP) is 0.509. The molecule has 11 heteroatoms. The number of hydrogen-bond acceptors (Lipinski definition) is 9. The minimum atomic E-state index is -1.33. The van der Waals surface area contributed by atoms with Gasteiger partial charge in [-0.1, -0.05) is 30.3 Å². The smallest absolute Gasteiger partial charge is 0.308 e. The third-order valence-electron chi connectivity index (χ3n) is 5.09. The molecule has 0 saturated carbocycles. The standard InChI is InChI=1S/C24H25N3O8/c1-14(28)34-18-10-8-17(9-11-18)33-13-20(30)26-19(12-16-6-4-3-5-7-16)22(31)21-23(32)27(25)24(21)35-15(2)29/h3-11,19,21,24H,12-13,25H2,1-2H3,(H,26,30)/t19-,21-,24-/m0/s1. The maximum absolute atomic E-state index is 13.2. The van der Waals surface area contributed by atoms with E-state index in [0.717, 1.165) is 12.5 Å². The first-order valence-electron chi connectivity index (χ1n) is 10.7. The van der Waals surface area contributed by atoms with Crippen LogP contribution in [-0.2, 0) is 35.1 Å². The maximum atomic E-state index is 13.2. The molecule has 0 unspecified atom stereocenters. The average Bonchev–Trinajstić information content (AvgIpc) is 2.82. The molecule has 3 N–H and O–H groups in total. The fourth-order valence-corrected chi connectivity index (χ4v) is 3.49. The van der Waals surface area contributed by atoms with Gasteiger partial charge in [0, 0.05) is 13.8 Å². The van der Waals surface area contributed by atoms with Crippen molar-refractivity contribution in [3.8, 4) is 11.5 Å². The Hall–Kier alpha value is -4.25. The molecule has 0 aromatic heterocycles. The summed E-state index contributed by atoms with van der Waals surface area (Å²) >= 11 is 0. The first-order chi connectivity index (χ1) is 16.7. The van der Waals surface area contributed by atoms with Gasteiger partial charge in [-0.3, -0.25) is 24.0 Å². The zero-order valence-corrected chi connectivity index (χ0v) is 19.1. The summed E-state index contributed by atoms with van der Waals surface area (Å²) in [4.78, 5) is 60.4. The van der Waals surface area contributed by atoms with Gasteiger partial charge in [0.15, 0.2) is 18.3 Å². The van der Waals surface area contributed by atoms with Crippen LogP contribution in [0, 0.1) is 5.92 Å². The lowest BCUT2D eigenvalue weighted by Gasteiger charge is -2.42. The van der Waals surface area contributed by atoms with Gasteiger partial charge < -0.3 is 19.5 Å². The molecule has 35 heavy (non-hydrogen) atoms. The summed E-state index contributed by atoms with van der Waals surface area (Å²) < 4.78 is 15.4. The summed E-state index contributed by atoms with van der Waals surface area (Å²) in [7, 11) is 0. The number of benzene rings is 2. The Labute approximate surface area is 201 Å². The average molecular weight is 483 g/mol. The fraction of sp³-hybridized carbons (Fsp3) is 0.292. The highest BCUT2D eigenvalue weighted by atomic mass is 16.6. The fourth-order valence-electron chi connectivity index (χ4n) is 3.49. The van der Waals surface area contributed by atoms with Crippen molar-refractivity contribution >= 4 is 29.5 Å². The molecule has 0 bridgehead atoms. The number of ether oxygens (including phenoxy) is 3. The minimum absolute atomic E-state index is 0.101. The van der Waals surface area contributed by atoms with Crippen LogP contribution in [0.25, 0.3) is 0 Å². The third-order valence-corrected chi connectivity index (χ3v) is 5.09. The van der Waals surface area contributed by atoms with Gasteiger partial charge in [-0.15, -0.1) is 0 Å². The Morgan fingerprint density at radius 1 is 0.971 bits per heavy atom. The van der Waals surface area contributed by atoms with E-state index in [-0.39, 0.29) is 6.42 Å². The Balaban J connectivity index is 1.68. The maximum Gasteiger partial charge on any atom is 0.308 e. The van der Waals surface area contributed by atoms with Crippen LogP contribution in [0.2, 0.25) is 0 Å². The van der Waals surface area contributed by atoms with Gasteiger partial charge in [-0.05, 0) is 36.2 Å². The molecule has 1 saturated heterocycles. The number of nitrogens with zero attached hydrogens (tertiary/aromatic N) is 1. The van der Waals surface area contributed by atoms with E-state index in [1.54, 1.807) is 30.3 Å². The Morgan fingerprint density at radius 3 is 2.20 bits per heavy atom. The van der Waals surface area contributed by atoms with Crippen molar-refractivity contribution in [1.82, 2.24) is 10.3 Å². The van der Waals surface area contributed by atoms with Gasteiger partial charge >= 0.3 is 11.9 Å². The molecule has 2 aromatic rings. The summed E-state index contributed by atoms with van der Waals surface area (Å²) in [5, 5.41) is 3.27. The molecule has 1 aliphatic rings. The molecule has 3 rings (SSSR count). The molecule has 0 radical (unpaired) electrons. The summed E-state index contributed by atoms with van der Waals surface area (Å²) in [6.45, 7) is 2.00. The summed E-state index contributed by atoms with van der Waals surface area (Å²) in [5.41, 5.74) is 0.744. The van der Waals surface area contributed by atoms with Gasteiger partial charge in [0.05, 0.1) is 6.04 Å². The normalized spacial score (nSPS) is 17.6. The number of nitrogens with one attached hydrogen (secondary N) is 1. The van der Waals surface area contributed by atoms with Crippen molar-refractivity contribution in [2.24, 2.45) is 11.8 Å². The third kappa shape index (κ3) is 6.64. The number of hydrogen-bond donors (Lipinski definition) is 2. The summed E-state index contributed by atoms with van der Waals surface area (Å²) in [5.74, 6) is 1.78. The lowest BCUT2D eigenvalue weighted by Crippen LogP contribution is -2.70. The number of ketones is 1. The number of carbonyl (C=O) groups is 5. The van der Waals surface area contributed by atoms with E-state index in [2.05, 4.69) is 5.32 Å². The van der Waals surface area contributed by atoms with E-state index in [1.165, 1.54) is 31.2 Å². The number of β-lactam (4-membered cyclic amide) rings is 1. The zero-order chi connectivity index (χ0) is 25.5. The highest BCUT2D eigenvalue weighted by Crippen LogP contribution is 2.27. The molecule has 11 nitrogen and oxygen atoms in total. The zero-order valence-electron chi connectivity index (χ0n) is 19.1. The largest absolute Gasteiger partial charge is 0.484 e. The second kappa shape index (κ2) is 11.3. The van der Waals surface area contributed by atoms with Crippen LogP contribution in [0.3, 0.4) is 0 Å². The summed E-state index contributed by atoms with van der Waals surface area (Å²) in [6.07, 6.45) is -1.14. The van der Waals surface area contributed by atoms with Gasteiger partial charge in [-0.25, -0.2) is 10.9 Å². The van der Waals surface area contributed by atoms with Crippen molar-refractivity contribution in [3.63, 3.8) is 0 Å². The molecule has 1 heterocycles. The summed E-state index contributed by atoms with van der Waals surface area (Å²) in [6, 6.07) is 13.9. The van der Waals surface area contributed by atoms with Crippen molar-refractivity contribution in [2.45, 2.75) is 32.5 Å². The van der Waals surface area contributed by atoms with Crippen molar-refractivity contribution in [1.29, 1.82) is 0 Å². The minimum Gasteiger partial charge on any atom is -0.484 e. The highest BCUT2D eigenvalue weighted by molar-refractivity contribution is 6.09. The van der Waals surface area contributed by atoms with Crippen LogP contribution in [0.4, 0.5) is 0 Å². The first kappa shape index (κ1) is 25.4. The lowest BCUT2D eigenvalue weighted by molar-refractivity contribution is -0.199. The van der Waals surface area contributed by atoms with E-state index < -0.39 is 54.3 Å². The van der Waals surface area contributed by atoms with E-state index >= 15 is 0 Å². The predicted molar refractivity (Wildman–Crippen MR) is 120 cm³/mol. The van der Waals surface area contributed by atoms with Gasteiger partial charge in [0.1, 0.15) is 11.5 Å². The number of esters is 2. The molecule has 0 aliphatic carbocycles. The second-order valence-corrected chi connectivity index (χ2v) is 7.79. The number of carbonyl (C=O) groups excluding carboxylic acids is 5. The number of hydrazine groups is 1. The van der Waals surface area contributed by atoms with E-state index in [0.29, 0.717) is 16.5 Å². The number of Topliss-reactive ketones (excluding diaryl/α,β-unsaturated/α-hetero) is 1. The van der Waals surface area contributed by atoms with Gasteiger partial charge in [0.25, 0.3) is 11.8 Å². The number of nitrogens with two attached hydrogens (primary N) is 1. The topological polar surface area (TPSA) is 154 Å². The number of amides is 2. The molecular formula is C24H25N3O8. The molecule has 2 aromatic carbocycles. The highest BCUT2D eigenvalue weighted by Gasteiger charge is 2.54. The monoisotopic (exact) mass is 483 g/mol. The number of rotatable bonds is 10.